The van der Waals surface area contributed by atoms with Gasteiger partial charge >= 0.3 is 0 Å². The molecule has 0 radical (unpaired) electrons. The molecule has 1 amide bonds. The minimum Gasteiger partial charge on any atom is -0.456 e. The largest absolute Gasteiger partial charge is 0.456 e. The van der Waals surface area contributed by atoms with Gasteiger partial charge in [0.25, 0.3) is 0 Å². The van der Waals surface area contributed by atoms with Crippen molar-refractivity contribution in [3.8, 4) is 17.6 Å². The molecule has 0 aliphatic carbocycles. The smallest absolute Gasteiger partial charge is 0.247 e. The molecule has 1 aliphatic rings. The van der Waals surface area contributed by atoms with E-state index in [1.54, 1.807) is 6.07 Å². The van der Waals surface area contributed by atoms with E-state index < -0.39 is 80.0 Å². The lowest BCUT2D eigenvalue weighted by Crippen LogP contribution is -2.49. The Bertz CT molecular complexity index is 1340. The first-order chi connectivity index (χ1) is 15.6. The van der Waals surface area contributed by atoms with Crippen molar-refractivity contribution < 1.29 is 27.5 Å². The van der Waals surface area contributed by atoms with Crippen LogP contribution < -0.4 is 10.1 Å². The normalized spacial score (nSPS) is 22.6. The predicted molar refractivity (Wildman–Crippen MR) is 99.5 cm³/mol. The molecule has 1 N–H and O–H groups in total. The third-order valence-electron chi connectivity index (χ3n) is 3.14. The first kappa shape index (κ1) is 12.2. The molecule has 3 rings (SSSR count). The number of hydrogen-bond donors (Lipinski definition) is 1. The molecule has 0 aromatic heterocycles. The Morgan fingerprint density at radius 1 is 1.30 bits per heavy atom. The number of nitrogens with zero attached hydrogens (tertiary/aromatic N) is 2. The van der Waals surface area contributed by atoms with Crippen LogP contribution in [0.15, 0.2) is 41.2 Å². The second kappa shape index (κ2) is 7.74. The Labute approximate surface area is 175 Å². The molecule has 0 saturated carbocycles. The van der Waals surface area contributed by atoms with Gasteiger partial charge in [-0.1, -0.05) is 23.2 Å². The standard InChI is InChI=1S/C17H13Cl2N3O4S/c18-12-6-13(19)8-14(7-12)26-15-2-1-11(9-20)5-16(15)27(24,25)22-4-3-21-17(23)10-22/h1-2,5-8H,3-4,10H2,(H,21,23)/i4D2,6D,7D,8D,10D2. The number of piperazine rings is 1. The lowest BCUT2D eigenvalue weighted by atomic mass is 10.2. The topological polar surface area (TPSA) is 99.5 Å². The fourth-order valence-electron chi connectivity index (χ4n) is 2.02. The predicted octanol–water partition coefficient (Wildman–Crippen LogP) is 2.78. The van der Waals surface area contributed by atoms with Crippen molar-refractivity contribution in [1.29, 1.82) is 5.26 Å². The van der Waals surface area contributed by atoms with Crippen molar-refractivity contribution in [3.05, 3.63) is 51.9 Å². The van der Waals surface area contributed by atoms with Crippen molar-refractivity contribution in [1.82, 2.24) is 9.62 Å². The van der Waals surface area contributed by atoms with Crippen LogP contribution in [0.5, 0.6) is 11.5 Å². The van der Waals surface area contributed by atoms with E-state index in [0.29, 0.717) is 0 Å². The molecular formula is C17H13Cl2N3O4S. The van der Waals surface area contributed by atoms with Crippen molar-refractivity contribution in [2.24, 2.45) is 0 Å². The van der Waals surface area contributed by atoms with Crippen LogP contribution in [-0.2, 0) is 14.8 Å². The van der Waals surface area contributed by atoms with Crippen LogP contribution in [-0.4, -0.2) is 38.2 Å². The van der Waals surface area contributed by atoms with Gasteiger partial charge in [-0.25, -0.2) is 8.42 Å². The molecule has 2 aromatic rings. The highest BCUT2D eigenvalue weighted by molar-refractivity contribution is 7.89. The molecule has 140 valence electrons. The van der Waals surface area contributed by atoms with E-state index in [-0.39, 0.29) is 9.87 Å². The third kappa shape index (κ3) is 4.34. The number of nitriles is 1. The molecule has 0 atom stereocenters. The maximum atomic E-state index is 13.5. The number of hydrogen-bond acceptors (Lipinski definition) is 5. The molecule has 7 nitrogen and oxygen atoms in total. The Hall–Kier alpha value is -2.31. The first-order valence-electron chi connectivity index (χ1n) is 10.6. The van der Waals surface area contributed by atoms with Crippen LogP contribution in [0.1, 0.15) is 15.2 Å². The quantitative estimate of drug-likeness (QED) is 0.800. The fraction of sp³-hybridized carbons (Fsp3) is 0.176. The Morgan fingerprint density at radius 3 is 2.67 bits per heavy atom. The van der Waals surface area contributed by atoms with Crippen LogP contribution in [0.2, 0.25) is 10.0 Å². The third-order valence-corrected chi connectivity index (χ3v) is 5.10. The summed E-state index contributed by atoms with van der Waals surface area (Å²) in [5.74, 6) is -2.69. The average molecular weight is 433 g/mol. The number of sulfonamides is 1. The summed E-state index contributed by atoms with van der Waals surface area (Å²) >= 11 is 11.8. The van der Waals surface area contributed by atoms with Crippen LogP contribution in [0.4, 0.5) is 0 Å². The molecule has 1 saturated heterocycles. The van der Waals surface area contributed by atoms with Crippen LogP contribution in [0.25, 0.3) is 0 Å². The molecule has 27 heavy (non-hydrogen) atoms. The average Bonchev–Trinajstić information content (AvgIpc) is 2.76. The molecular weight excluding hydrogens is 413 g/mol. The summed E-state index contributed by atoms with van der Waals surface area (Å²) in [5, 5.41) is 10.2. The van der Waals surface area contributed by atoms with E-state index in [0.717, 1.165) is 18.2 Å². The summed E-state index contributed by atoms with van der Waals surface area (Å²) in [5.41, 5.74) is -0.233. The van der Waals surface area contributed by atoms with Gasteiger partial charge in [-0.2, -0.15) is 9.57 Å². The number of nitrogens with one attached hydrogen (secondary N) is 1. The first-order valence-corrected chi connectivity index (χ1v) is 9.27. The summed E-state index contributed by atoms with van der Waals surface area (Å²) in [6.45, 7) is -7.14. The number of rotatable bonds is 4. The molecule has 1 fully saturated rings. The van der Waals surface area contributed by atoms with Crippen molar-refractivity contribution in [2.45, 2.75) is 4.90 Å². The fourth-order valence-corrected chi connectivity index (χ4v) is 3.70. The summed E-state index contributed by atoms with van der Waals surface area (Å²) in [6.07, 6.45) is 0. The Morgan fingerprint density at radius 2 is 2.00 bits per heavy atom. The second-order valence-corrected chi connectivity index (χ2v) is 7.44. The zero-order valence-electron chi connectivity index (χ0n) is 20.1. The van der Waals surface area contributed by atoms with Gasteiger partial charge in [-0.15, -0.1) is 0 Å². The van der Waals surface area contributed by atoms with E-state index in [2.05, 4.69) is 0 Å². The summed E-state index contributed by atoms with van der Waals surface area (Å²) in [4.78, 5) is 11.1. The number of halogens is 2. The highest BCUT2D eigenvalue weighted by atomic mass is 35.5. The van der Waals surface area contributed by atoms with E-state index in [1.165, 1.54) is 0 Å². The molecule has 2 aromatic carbocycles. The summed E-state index contributed by atoms with van der Waals surface area (Å²) in [7, 11) is -5.23. The summed E-state index contributed by atoms with van der Waals surface area (Å²) < 4.78 is 87.8. The molecule has 1 heterocycles. The van der Waals surface area contributed by atoms with E-state index >= 15 is 0 Å². The summed E-state index contributed by atoms with van der Waals surface area (Å²) in [6, 6.07) is 2.67. The minimum absolute atomic E-state index is 0.233. The number of benzene rings is 2. The lowest BCUT2D eigenvalue weighted by molar-refractivity contribution is -0.122. The van der Waals surface area contributed by atoms with Crippen LogP contribution in [0.3, 0.4) is 0 Å². The zero-order chi connectivity index (χ0) is 25.8. The van der Waals surface area contributed by atoms with Gasteiger partial charge in [0, 0.05) is 25.8 Å². The zero-order valence-corrected chi connectivity index (χ0v) is 15.5. The number of carbonyl (C=O) groups excluding carboxylic acids is 1. The van der Waals surface area contributed by atoms with Crippen molar-refractivity contribution >= 4 is 39.1 Å². The lowest BCUT2D eigenvalue weighted by Gasteiger charge is -2.26. The Kier molecular flexibility index (Phi) is 3.50. The van der Waals surface area contributed by atoms with Gasteiger partial charge in [-0.05, 0) is 36.3 Å². The SMILES string of the molecule is [2H]c1c(Cl)c([2H])c(Oc2ccc(C#N)cc2S(=O)(=O)N2C([2H])([2H])CNC(=O)C2([2H])[2H])c([2H])c1Cl. The monoisotopic (exact) mass is 432 g/mol. The molecule has 0 unspecified atom stereocenters. The molecule has 0 spiro atoms. The van der Waals surface area contributed by atoms with Crippen molar-refractivity contribution in [3.63, 3.8) is 0 Å². The van der Waals surface area contributed by atoms with Gasteiger partial charge in [0.15, 0.2) is 0 Å². The van der Waals surface area contributed by atoms with Crippen LogP contribution >= 0.6 is 23.2 Å². The minimum atomic E-state index is -5.23. The van der Waals surface area contributed by atoms with Gasteiger partial charge in [0.05, 0.1) is 25.0 Å². The number of ether oxygens (including phenoxy) is 1. The van der Waals surface area contributed by atoms with E-state index in [4.69, 9.17) is 37.5 Å². The van der Waals surface area contributed by atoms with E-state index in [9.17, 15) is 18.5 Å². The van der Waals surface area contributed by atoms with Gasteiger partial charge in [0.1, 0.15) is 16.4 Å². The highest BCUT2D eigenvalue weighted by Crippen LogP contribution is 2.34. The maximum Gasteiger partial charge on any atom is 0.247 e. The maximum absolute atomic E-state index is 13.5. The number of amides is 1. The van der Waals surface area contributed by atoms with Crippen LogP contribution in [0, 0.1) is 11.3 Å². The molecule has 10 heteroatoms. The van der Waals surface area contributed by atoms with Gasteiger partial charge < -0.3 is 10.1 Å². The van der Waals surface area contributed by atoms with Gasteiger partial charge in [0.2, 0.25) is 15.9 Å². The molecule has 0 bridgehead atoms. The van der Waals surface area contributed by atoms with Crippen molar-refractivity contribution in [2.75, 3.05) is 19.5 Å². The Balaban J connectivity index is 2.27. The number of carbonyl (C=O) groups is 1. The second-order valence-electron chi connectivity index (χ2n) is 4.93. The van der Waals surface area contributed by atoms with Gasteiger partial charge in [-0.3, -0.25) is 4.79 Å². The molecule has 1 aliphatic heterocycles. The van der Waals surface area contributed by atoms with E-state index in [1.807, 2.05) is 5.32 Å². The highest BCUT2D eigenvalue weighted by Gasteiger charge is 2.32.